The van der Waals surface area contributed by atoms with Crippen LogP contribution in [-0.4, -0.2) is 6.10 Å². The average Bonchev–Trinajstić information content (AvgIpc) is 2.57. The zero-order valence-corrected chi connectivity index (χ0v) is 11.4. The predicted octanol–water partition coefficient (Wildman–Crippen LogP) is 4.78. The first-order valence-corrected chi connectivity index (χ1v) is 5.90. The van der Waals surface area contributed by atoms with Crippen molar-refractivity contribution in [3.05, 3.63) is 47.3 Å². The molecule has 1 atom stereocenters. The van der Waals surface area contributed by atoms with E-state index in [0.29, 0.717) is 0 Å². The molecule has 0 aromatic heterocycles. The summed E-state index contributed by atoms with van der Waals surface area (Å²) >= 11 is 0. The van der Waals surface area contributed by atoms with E-state index in [-0.39, 0.29) is 6.10 Å². The second kappa shape index (κ2) is 7.10. The van der Waals surface area contributed by atoms with Crippen LogP contribution in [0.15, 0.2) is 47.3 Å². The Morgan fingerprint density at radius 3 is 2.19 bits per heavy atom. The van der Waals surface area contributed by atoms with E-state index >= 15 is 0 Å². The summed E-state index contributed by atoms with van der Waals surface area (Å²) in [5.41, 5.74) is 3.78. The number of rotatable bonds is 2. The molecule has 0 bridgehead atoms. The Hall–Kier alpha value is -1.24. The summed E-state index contributed by atoms with van der Waals surface area (Å²) < 4.78 is 5.45. The Labute approximate surface area is 100 Å². The first-order chi connectivity index (χ1) is 7.50. The molecule has 16 heavy (non-hydrogen) atoms. The van der Waals surface area contributed by atoms with Crippen molar-refractivity contribution in [1.29, 1.82) is 0 Å². The van der Waals surface area contributed by atoms with E-state index in [1.165, 1.54) is 16.7 Å². The van der Waals surface area contributed by atoms with E-state index in [1.807, 2.05) is 26.8 Å². The van der Waals surface area contributed by atoms with Gasteiger partial charge in [-0.05, 0) is 44.9 Å². The summed E-state index contributed by atoms with van der Waals surface area (Å²) in [5.74, 6) is 0.762. The molecule has 0 saturated heterocycles. The Morgan fingerprint density at radius 2 is 1.81 bits per heavy atom. The maximum absolute atomic E-state index is 5.45. The van der Waals surface area contributed by atoms with Gasteiger partial charge >= 0.3 is 0 Å². The Bertz CT molecular complexity index is 325. The molecule has 0 fully saturated rings. The van der Waals surface area contributed by atoms with E-state index in [1.54, 1.807) is 0 Å². The fourth-order valence-corrected chi connectivity index (χ4v) is 1.44. The molecular formula is C15H24O. The molecule has 1 rings (SSSR count). The molecule has 1 heterocycles. The van der Waals surface area contributed by atoms with E-state index in [9.17, 15) is 0 Å². The molecule has 0 saturated carbocycles. The second-order valence-corrected chi connectivity index (χ2v) is 3.92. The van der Waals surface area contributed by atoms with Crippen molar-refractivity contribution in [3.8, 4) is 0 Å². The highest BCUT2D eigenvalue weighted by Crippen LogP contribution is 2.26. The highest BCUT2D eigenvalue weighted by atomic mass is 16.5. The first-order valence-electron chi connectivity index (χ1n) is 5.90. The van der Waals surface area contributed by atoms with Crippen molar-refractivity contribution >= 4 is 0 Å². The minimum atomic E-state index is 0.143. The van der Waals surface area contributed by atoms with Gasteiger partial charge in [-0.15, -0.1) is 0 Å². The van der Waals surface area contributed by atoms with Crippen LogP contribution < -0.4 is 0 Å². The number of hydrogen-bond acceptors (Lipinski definition) is 1. The molecule has 1 aliphatic rings. The van der Waals surface area contributed by atoms with Gasteiger partial charge < -0.3 is 4.74 Å². The quantitative estimate of drug-likeness (QED) is 0.608. The molecule has 0 radical (unpaired) electrons. The highest BCUT2D eigenvalue weighted by Gasteiger charge is 2.18. The average molecular weight is 220 g/mol. The Kier molecular flexibility index (Phi) is 6.55. The van der Waals surface area contributed by atoms with Crippen LogP contribution in [-0.2, 0) is 4.74 Å². The van der Waals surface area contributed by atoms with Crippen LogP contribution in [0.4, 0.5) is 0 Å². The molecule has 1 nitrogen and oxygen atoms in total. The van der Waals surface area contributed by atoms with Crippen LogP contribution in [0.2, 0.25) is 0 Å². The lowest BCUT2D eigenvalue weighted by Gasteiger charge is -2.09. The van der Waals surface area contributed by atoms with Gasteiger partial charge in [0.1, 0.15) is 11.9 Å². The fourth-order valence-electron chi connectivity index (χ4n) is 1.44. The zero-order chi connectivity index (χ0) is 12.7. The molecular weight excluding hydrogens is 196 g/mol. The standard InChI is InChI=1S/C13H18O.C2H6/c1-9(2)6-7-10(3)13-8-11(4)14-12(13)5;1-2/h6-8,12H,4H2,1-3,5H3;1-2H3/b10-7+;. The zero-order valence-electron chi connectivity index (χ0n) is 11.4. The maximum atomic E-state index is 5.45. The van der Waals surface area contributed by atoms with Crippen molar-refractivity contribution in [3.63, 3.8) is 0 Å². The summed E-state index contributed by atoms with van der Waals surface area (Å²) in [7, 11) is 0. The van der Waals surface area contributed by atoms with Crippen LogP contribution in [0, 0.1) is 0 Å². The largest absolute Gasteiger partial charge is 0.487 e. The molecule has 0 aromatic rings. The van der Waals surface area contributed by atoms with Crippen molar-refractivity contribution in [2.24, 2.45) is 0 Å². The van der Waals surface area contributed by atoms with E-state index in [2.05, 4.69) is 39.5 Å². The maximum Gasteiger partial charge on any atom is 0.121 e. The van der Waals surface area contributed by atoms with Gasteiger partial charge in [0.15, 0.2) is 0 Å². The third kappa shape index (κ3) is 4.52. The van der Waals surface area contributed by atoms with Crippen molar-refractivity contribution in [2.75, 3.05) is 0 Å². The van der Waals surface area contributed by atoms with E-state index in [0.717, 1.165) is 5.76 Å². The normalized spacial score (nSPS) is 19.4. The van der Waals surface area contributed by atoms with Gasteiger partial charge in [0.2, 0.25) is 0 Å². The molecule has 1 unspecified atom stereocenters. The van der Waals surface area contributed by atoms with Crippen LogP contribution in [0.1, 0.15) is 41.5 Å². The molecule has 1 aliphatic heterocycles. The van der Waals surface area contributed by atoms with Crippen molar-refractivity contribution in [2.45, 2.75) is 47.6 Å². The summed E-state index contributed by atoms with van der Waals surface area (Å²) in [4.78, 5) is 0. The van der Waals surface area contributed by atoms with Gasteiger partial charge in [-0.1, -0.05) is 38.2 Å². The SMILES string of the molecule is C=C1C=C(/C(C)=C/C=C(C)C)C(C)O1.CC. The van der Waals surface area contributed by atoms with E-state index < -0.39 is 0 Å². The topological polar surface area (TPSA) is 9.23 Å². The van der Waals surface area contributed by atoms with Crippen LogP contribution >= 0.6 is 0 Å². The lowest BCUT2D eigenvalue weighted by atomic mass is 10.0. The van der Waals surface area contributed by atoms with Gasteiger partial charge in [-0.25, -0.2) is 0 Å². The summed E-state index contributed by atoms with van der Waals surface area (Å²) in [5, 5.41) is 0. The van der Waals surface area contributed by atoms with Gasteiger partial charge in [0.25, 0.3) is 0 Å². The third-order valence-corrected chi connectivity index (χ3v) is 2.20. The van der Waals surface area contributed by atoms with Gasteiger partial charge in [-0.2, -0.15) is 0 Å². The smallest absolute Gasteiger partial charge is 0.121 e. The Morgan fingerprint density at radius 1 is 1.25 bits per heavy atom. The second-order valence-electron chi connectivity index (χ2n) is 3.92. The first kappa shape index (κ1) is 14.8. The molecule has 0 aliphatic carbocycles. The van der Waals surface area contributed by atoms with Crippen molar-refractivity contribution < 1.29 is 4.74 Å². The summed E-state index contributed by atoms with van der Waals surface area (Å²) in [6.07, 6.45) is 6.39. The molecule has 90 valence electrons. The van der Waals surface area contributed by atoms with Crippen LogP contribution in [0.5, 0.6) is 0 Å². The third-order valence-electron chi connectivity index (χ3n) is 2.20. The summed E-state index contributed by atoms with van der Waals surface area (Å²) in [6, 6.07) is 0. The molecule has 0 aromatic carbocycles. The number of ether oxygens (including phenoxy) is 1. The van der Waals surface area contributed by atoms with Crippen LogP contribution in [0.3, 0.4) is 0 Å². The molecule has 0 spiro atoms. The van der Waals surface area contributed by atoms with Gasteiger partial charge in [-0.3, -0.25) is 0 Å². The summed E-state index contributed by atoms with van der Waals surface area (Å²) in [6.45, 7) is 16.1. The van der Waals surface area contributed by atoms with Crippen LogP contribution in [0.25, 0.3) is 0 Å². The minimum absolute atomic E-state index is 0.143. The molecule has 0 N–H and O–H groups in total. The highest BCUT2D eigenvalue weighted by molar-refractivity contribution is 5.41. The van der Waals surface area contributed by atoms with Gasteiger partial charge in [0.05, 0.1) is 0 Å². The molecule has 1 heteroatoms. The fraction of sp³-hybridized carbons (Fsp3) is 0.467. The van der Waals surface area contributed by atoms with E-state index in [4.69, 9.17) is 4.74 Å². The minimum Gasteiger partial charge on any atom is -0.487 e. The number of allylic oxidation sites excluding steroid dienone is 4. The monoisotopic (exact) mass is 220 g/mol. The predicted molar refractivity (Wildman–Crippen MR) is 72.3 cm³/mol. The Balaban J connectivity index is 0.00000106. The molecule has 0 amide bonds. The van der Waals surface area contributed by atoms with Gasteiger partial charge in [0, 0.05) is 0 Å². The lowest BCUT2D eigenvalue weighted by Crippen LogP contribution is -2.03. The lowest BCUT2D eigenvalue weighted by molar-refractivity contribution is 0.193. The number of hydrogen-bond donors (Lipinski definition) is 0. The van der Waals surface area contributed by atoms with Crippen molar-refractivity contribution in [1.82, 2.24) is 0 Å².